The minimum Gasteiger partial charge on any atom is -0.326 e. The molecule has 0 amide bonds. The van der Waals surface area contributed by atoms with Gasteiger partial charge in [-0.3, -0.25) is 0 Å². The van der Waals surface area contributed by atoms with Crippen LogP contribution in [0, 0.1) is 11.7 Å². The first kappa shape index (κ1) is 18.1. The van der Waals surface area contributed by atoms with E-state index in [0.29, 0.717) is 19.0 Å². The first-order valence-corrected chi connectivity index (χ1v) is 8.83. The number of nitrogens with two attached hydrogens (primary N) is 1. The van der Waals surface area contributed by atoms with E-state index >= 15 is 0 Å². The Morgan fingerprint density at radius 1 is 1.24 bits per heavy atom. The molecule has 0 aromatic heterocycles. The van der Waals surface area contributed by atoms with Gasteiger partial charge in [0, 0.05) is 25.2 Å². The fourth-order valence-corrected chi connectivity index (χ4v) is 3.83. The lowest BCUT2D eigenvalue weighted by molar-refractivity contribution is 0.339. The average Bonchev–Trinajstić information content (AvgIpc) is 2.48. The van der Waals surface area contributed by atoms with Crippen LogP contribution in [0.1, 0.15) is 39.2 Å². The number of rotatable bonds is 8. The lowest BCUT2D eigenvalue weighted by Crippen LogP contribution is -2.35. The van der Waals surface area contributed by atoms with Gasteiger partial charge in [0.05, 0.1) is 4.90 Å². The van der Waals surface area contributed by atoms with E-state index in [2.05, 4.69) is 13.8 Å². The third-order valence-corrected chi connectivity index (χ3v) is 5.78. The summed E-state index contributed by atoms with van der Waals surface area (Å²) in [7, 11) is -3.60. The Bertz CT molecular complexity index is 557. The summed E-state index contributed by atoms with van der Waals surface area (Å²) in [6, 6.07) is 3.81. The Kier molecular flexibility index (Phi) is 6.77. The number of halogens is 1. The zero-order chi connectivity index (χ0) is 16.0. The Morgan fingerprint density at radius 2 is 1.86 bits per heavy atom. The second-order valence-corrected chi connectivity index (χ2v) is 7.03. The molecule has 1 rings (SSSR count). The molecule has 0 aliphatic heterocycles. The molecule has 2 N–H and O–H groups in total. The highest BCUT2D eigenvalue weighted by Crippen LogP contribution is 2.21. The van der Waals surface area contributed by atoms with Crippen molar-refractivity contribution in [2.75, 3.05) is 13.1 Å². The van der Waals surface area contributed by atoms with Crippen LogP contribution < -0.4 is 5.73 Å². The zero-order valence-electron chi connectivity index (χ0n) is 13.0. The van der Waals surface area contributed by atoms with Gasteiger partial charge >= 0.3 is 0 Å². The Morgan fingerprint density at radius 3 is 2.33 bits per heavy atom. The molecule has 0 atom stereocenters. The van der Waals surface area contributed by atoms with Crippen molar-refractivity contribution in [1.82, 2.24) is 4.31 Å². The standard InChI is InChI=1S/C15H25FN2O2S/c1-4-12(5-2)11-18(6-3)21(19,20)14-7-8-15(16)13(9-14)10-17/h7-9,12H,4-6,10-11,17H2,1-3H3. The second kappa shape index (κ2) is 7.87. The van der Waals surface area contributed by atoms with E-state index in [1.54, 1.807) is 0 Å². The van der Waals surface area contributed by atoms with Gasteiger partial charge in [0.15, 0.2) is 0 Å². The van der Waals surface area contributed by atoms with Gasteiger partial charge in [-0.05, 0) is 24.1 Å². The highest BCUT2D eigenvalue weighted by Gasteiger charge is 2.25. The van der Waals surface area contributed by atoms with Crippen LogP contribution >= 0.6 is 0 Å². The summed E-state index contributed by atoms with van der Waals surface area (Å²) in [6.45, 7) is 6.79. The molecule has 0 heterocycles. The van der Waals surface area contributed by atoms with Crippen molar-refractivity contribution < 1.29 is 12.8 Å². The van der Waals surface area contributed by atoms with Crippen LogP contribution in [0.25, 0.3) is 0 Å². The van der Waals surface area contributed by atoms with Crippen molar-refractivity contribution in [2.24, 2.45) is 11.7 Å². The number of sulfonamides is 1. The number of benzene rings is 1. The van der Waals surface area contributed by atoms with Gasteiger partial charge in [0.1, 0.15) is 5.82 Å². The third kappa shape index (κ3) is 4.25. The fourth-order valence-electron chi connectivity index (χ4n) is 2.25. The first-order chi connectivity index (χ1) is 9.90. The summed E-state index contributed by atoms with van der Waals surface area (Å²) in [6.07, 6.45) is 1.86. The zero-order valence-corrected chi connectivity index (χ0v) is 13.8. The molecule has 4 nitrogen and oxygen atoms in total. The molecular weight excluding hydrogens is 291 g/mol. The molecular formula is C15H25FN2O2S. The molecule has 0 bridgehead atoms. The van der Waals surface area contributed by atoms with Crippen molar-refractivity contribution in [3.8, 4) is 0 Å². The second-order valence-electron chi connectivity index (χ2n) is 5.10. The van der Waals surface area contributed by atoms with Crippen LogP contribution in [0.15, 0.2) is 23.1 Å². The summed E-state index contributed by atoms with van der Waals surface area (Å²) >= 11 is 0. The molecule has 1 aromatic rings. The van der Waals surface area contributed by atoms with Gasteiger partial charge in [0.2, 0.25) is 10.0 Å². The maximum Gasteiger partial charge on any atom is 0.243 e. The maximum absolute atomic E-state index is 13.5. The first-order valence-electron chi connectivity index (χ1n) is 7.39. The molecule has 1 aromatic carbocycles. The smallest absolute Gasteiger partial charge is 0.243 e. The minimum atomic E-state index is -3.60. The van der Waals surface area contributed by atoms with Crippen molar-refractivity contribution in [2.45, 2.75) is 45.1 Å². The van der Waals surface area contributed by atoms with E-state index in [1.165, 1.54) is 22.5 Å². The number of hydrogen-bond acceptors (Lipinski definition) is 3. The lowest BCUT2D eigenvalue weighted by Gasteiger charge is -2.25. The van der Waals surface area contributed by atoms with E-state index in [1.807, 2.05) is 6.92 Å². The molecule has 0 aliphatic carbocycles. The van der Waals surface area contributed by atoms with Crippen LogP contribution in [-0.4, -0.2) is 25.8 Å². The molecule has 6 heteroatoms. The van der Waals surface area contributed by atoms with Crippen LogP contribution in [0.5, 0.6) is 0 Å². The third-order valence-electron chi connectivity index (χ3n) is 3.84. The molecule has 0 unspecified atom stereocenters. The lowest BCUT2D eigenvalue weighted by atomic mass is 10.0. The Hall–Kier alpha value is -0.980. The van der Waals surface area contributed by atoms with E-state index in [9.17, 15) is 12.8 Å². The fraction of sp³-hybridized carbons (Fsp3) is 0.600. The quantitative estimate of drug-likeness (QED) is 0.802. The predicted octanol–water partition coefficient (Wildman–Crippen LogP) is 2.73. The van der Waals surface area contributed by atoms with E-state index in [-0.39, 0.29) is 17.0 Å². The van der Waals surface area contributed by atoms with Crippen LogP contribution in [-0.2, 0) is 16.6 Å². The molecule has 0 saturated heterocycles. The van der Waals surface area contributed by atoms with Crippen LogP contribution in [0.4, 0.5) is 4.39 Å². The van der Waals surface area contributed by atoms with E-state index in [4.69, 9.17) is 5.73 Å². The summed E-state index contributed by atoms with van der Waals surface area (Å²) in [5.74, 6) is -0.145. The minimum absolute atomic E-state index is 0.0200. The molecule has 21 heavy (non-hydrogen) atoms. The Labute approximate surface area is 127 Å². The van der Waals surface area contributed by atoms with Gasteiger partial charge in [-0.15, -0.1) is 0 Å². The topological polar surface area (TPSA) is 63.4 Å². The SMILES string of the molecule is CCC(CC)CN(CC)S(=O)(=O)c1ccc(F)c(CN)c1. The average molecular weight is 316 g/mol. The summed E-state index contributed by atoms with van der Waals surface area (Å²) in [5.41, 5.74) is 5.66. The van der Waals surface area contributed by atoms with Crippen LogP contribution in [0.2, 0.25) is 0 Å². The molecule has 0 radical (unpaired) electrons. The van der Waals surface area contributed by atoms with Crippen molar-refractivity contribution >= 4 is 10.0 Å². The normalized spacial score (nSPS) is 12.3. The molecule has 120 valence electrons. The van der Waals surface area contributed by atoms with Gasteiger partial charge in [-0.2, -0.15) is 4.31 Å². The van der Waals surface area contributed by atoms with Crippen molar-refractivity contribution in [3.63, 3.8) is 0 Å². The van der Waals surface area contributed by atoms with Gasteiger partial charge in [0.25, 0.3) is 0 Å². The number of nitrogens with zero attached hydrogens (tertiary/aromatic N) is 1. The van der Waals surface area contributed by atoms with Gasteiger partial charge in [-0.1, -0.05) is 33.6 Å². The highest BCUT2D eigenvalue weighted by molar-refractivity contribution is 7.89. The Balaban J connectivity index is 3.12. The monoisotopic (exact) mass is 316 g/mol. The van der Waals surface area contributed by atoms with Gasteiger partial charge < -0.3 is 5.73 Å². The molecule has 0 fully saturated rings. The molecule has 0 aliphatic rings. The maximum atomic E-state index is 13.5. The summed E-state index contributed by atoms with van der Waals surface area (Å²) in [5, 5.41) is 0. The highest BCUT2D eigenvalue weighted by atomic mass is 32.2. The molecule has 0 saturated carbocycles. The van der Waals surface area contributed by atoms with E-state index in [0.717, 1.165) is 12.8 Å². The largest absolute Gasteiger partial charge is 0.326 e. The van der Waals surface area contributed by atoms with Gasteiger partial charge in [-0.25, -0.2) is 12.8 Å². The summed E-state index contributed by atoms with van der Waals surface area (Å²) in [4.78, 5) is 0.108. The van der Waals surface area contributed by atoms with E-state index < -0.39 is 15.8 Å². The van der Waals surface area contributed by atoms with Crippen LogP contribution in [0.3, 0.4) is 0 Å². The summed E-state index contributed by atoms with van der Waals surface area (Å²) < 4.78 is 40.3. The molecule has 0 spiro atoms. The van der Waals surface area contributed by atoms with Crippen molar-refractivity contribution in [1.29, 1.82) is 0 Å². The predicted molar refractivity (Wildman–Crippen MR) is 82.8 cm³/mol. The number of hydrogen-bond donors (Lipinski definition) is 1. The van der Waals surface area contributed by atoms with Crippen molar-refractivity contribution in [3.05, 3.63) is 29.6 Å².